The molecule has 2 aromatic carbocycles. The van der Waals surface area contributed by atoms with Crippen LogP contribution in [0.4, 0.5) is 5.69 Å². The third-order valence-corrected chi connectivity index (χ3v) is 5.74. The van der Waals surface area contributed by atoms with Crippen molar-refractivity contribution in [3.63, 3.8) is 0 Å². The van der Waals surface area contributed by atoms with E-state index in [1.165, 1.54) is 16.0 Å². The smallest absolute Gasteiger partial charge is 0.225 e. The second-order valence-corrected chi connectivity index (χ2v) is 7.46. The topological polar surface area (TPSA) is 29.1 Å². The quantitative estimate of drug-likeness (QED) is 0.615. The molecule has 1 aromatic heterocycles. The van der Waals surface area contributed by atoms with Crippen molar-refractivity contribution in [2.24, 2.45) is 0 Å². The van der Waals surface area contributed by atoms with Crippen molar-refractivity contribution in [2.45, 2.75) is 19.3 Å². The van der Waals surface area contributed by atoms with Crippen LogP contribution in [0.2, 0.25) is 5.02 Å². The maximum absolute atomic E-state index is 12.3. The van der Waals surface area contributed by atoms with Gasteiger partial charge in [0.2, 0.25) is 5.91 Å². The maximum atomic E-state index is 12.3. The first-order chi connectivity index (χ1) is 11.6. The SMILES string of the molecule is Cc1cccc([C@H]2CC(=O)Nc3c(-c4ccc(Cl)cc4)csc32)c1. The Bertz CT molecular complexity index is 914. The number of aryl methyl sites for hydroxylation is 1. The summed E-state index contributed by atoms with van der Waals surface area (Å²) in [6, 6.07) is 16.2. The molecular formula is C20H16ClNOS. The molecule has 1 amide bonds. The minimum absolute atomic E-state index is 0.0719. The molecule has 1 aliphatic rings. The number of benzene rings is 2. The Hall–Kier alpha value is -2.10. The van der Waals surface area contributed by atoms with Gasteiger partial charge in [0.1, 0.15) is 0 Å². The summed E-state index contributed by atoms with van der Waals surface area (Å²) >= 11 is 7.70. The Morgan fingerprint density at radius 1 is 1.17 bits per heavy atom. The van der Waals surface area contributed by atoms with Gasteiger partial charge in [-0.05, 0) is 30.2 Å². The Labute approximate surface area is 150 Å². The van der Waals surface area contributed by atoms with E-state index in [1.807, 2.05) is 24.3 Å². The highest BCUT2D eigenvalue weighted by Gasteiger charge is 2.30. The fourth-order valence-electron chi connectivity index (χ4n) is 3.22. The van der Waals surface area contributed by atoms with E-state index in [9.17, 15) is 4.79 Å². The van der Waals surface area contributed by atoms with Gasteiger partial charge in [-0.25, -0.2) is 0 Å². The Kier molecular flexibility index (Phi) is 3.91. The van der Waals surface area contributed by atoms with Gasteiger partial charge >= 0.3 is 0 Å². The fraction of sp³-hybridized carbons (Fsp3) is 0.150. The number of nitrogens with one attached hydrogen (secondary N) is 1. The number of fused-ring (bicyclic) bond motifs is 1. The molecule has 0 aliphatic carbocycles. The highest BCUT2D eigenvalue weighted by molar-refractivity contribution is 7.11. The highest BCUT2D eigenvalue weighted by atomic mass is 35.5. The predicted octanol–water partition coefficient (Wildman–Crippen LogP) is 5.85. The third kappa shape index (κ3) is 2.74. The molecule has 0 bridgehead atoms. The van der Waals surface area contributed by atoms with Gasteiger partial charge in [-0.15, -0.1) is 11.3 Å². The van der Waals surface area contributed by atoms with Crippen molar-refractivity contribution in [1.82, 2.24) is 0 Å². The van der Waals surface area contributed by atoms with Crippen LogP contribution in [0.25, 0.3) is 11.1 Å². The first-order valence-electron chi connectivity index (χ1n) is 7.85. The van der Waals surface area contributed by atoms with Gasteiger partial charge in [0.15, 0.2) is 0 Å². The zero-order chi connectivity index (χ0) is 16.7. The van der Waals surface area contributed by atoms with Crippen LogP contribution in [-0.4, -0.2) is 5.91 Å². The molecule has 2 nitrogen and oxygen atoms in total. The Morgan fingerprint density at radius 2 is 1.96 bits per heavy atom. The minimum Gasteiger partial charge on any atom is -0.325 e. The number of carbonyl (C=O) groups excluding carboxylic acids is 1. The molecule has 120 valence electrons. The lowest BCUT2D eigenvalue weighted by Gasteiger charge is -2.24. The van der Waals surface area contributed by atoms with E-state index in [-0.39, 0.29) is 11.8 Å². The number of hydrogen-bond acceptors (Lipinski definition) is 2. The molecule has 4 rings (SSSR count). The minimum atomic E-state index is 0.0719. The molecule has 4 heteroatoms. The van der Waals surface area contributed by atoms with Crippen LogP contribution in [0.15, 0.2) is 53.9 Å². The van der Waals surface area contributed by atoms with Crippen molar-refractivity contribution >= 4 is 34.5 Å². The van der Waals surface area contributed by atoms with Gasteiger partial charge in [0.05, 0.1) is 5.69 Å². The second kappa shape index (κ2) is 6.08. The van der Waals surface area contributed by atoms with Gasteiger partial charge < -0.3 is 5.32 Å². The van der Waals surface area contributed by atoms with Crippen LogP contribution in [0, 0.1) is 6.92 Å². The summed E-state index contributed by atoms with van der Waals surface area (Å²) in [5.41, 5.74) is 5.51. The van der Waals surface area contributed by atoms with Crippen molar-refractivity contribution in [3.8, 4) is 11.1 Å². The third-order valence-electron chi connectivity index (χ3n) is 4.39. The van der Waals surface area contributed by atoms with E-state index in [0.717, 1.165) is 16.8 Å². The predicted molar refractivity (Wildman–Crippen MR) is 101 cm³/mol. The van der Waals surface area contributed by atoms with Crippen molar-refractivity contribution in [1.29, 1.82) is 0 Å². The van der Waals surface area contributed by atoms with Gasteiger partial charge in [-0.3, -0.25) is 4.79 Å². The molecule has 0 spiro atoms. The molecule has 2 heterocycles. The number of amides is 1. The highest BCUT2D eigenvalue weighted by Crippen LogP contribution is 2.46. The lowest BCUT2D eigenvalue weighted by atomic mass is 9.88. The standard InChI is InChI=1S/C20H16ClNOS/c1-12-3-2-4-14(9-12)16-10-18(23)22-19-17(11-24-20(16)19)13-5-7-15(21)8-6-13/h2-9,11,16H,10H2,1H3,(H,22,23)/t16-/m1/s1. The summed E-state index contributed by atoms with van der Waals surface area (Å²) in [7, 11) is 0. The van der Waals surface area contributed by atoms with Gasteiger partial charge in [0.25, 0.3) is 0 Å². The monoisotopic (exact) mass is 353 g/mol. The molecule has 0 saturated carbocycles. The van der Waals surface area contributed by atoms with Crippen LogP contribution in [-0.2, 0) is 4.79 Å². The van der Waals surface area contributed by atoms with E-state index in [4.69, 9.17) is 11.6 Å². The molecule has 0 saturated heterocycles. The summed E-state index contributed by atoms with van der Waals surface area (Å²) in [5, 5.41) is 5.91. The average Bonchev–Trinajstić information content (AvgIpc) is 2.98. The fourth-order valence-corrected chi connectivity index (χ4v) is 4.51. The first kappa shape index (κ1) is 15.4. The van der Waals surface area contributed by atoms with E-state index >= 15 is 0 Å². The summed E-state index contributed by atoms with van der Waals surface area (Å²) in [5.74, 6) is 0.197. The molecule has 24 heavy (non-hydrogen) atoms. The van der Waals surface area contributed by atoms with Crippen molar-refractivity contribution in [3.05, 3.63) is 74.9 Å². The molecule has 1 atom stereocenters. The van der Waals surface area contributed by atoms with Crippen LogP contribution >= 0.6 is 22.9 Å². The molecule has 0 radical (unpaired) electrons. The summed E-state index contributed by atoms with van der Waals surface area (Å²) < 4.78 is 0. The lowest BCUT2D eigenvalue weighted by molar-refractivity contribution is -0.116. The van der Waals surface area contributed by atoms with Crippen molar-refractivity contribution in [2.75, 3.05) is 5.32 Å². The molecule has 0 fully saturated rings. The van der Waals surface area contributed by atoms with Crippen LogP contribution < -0.4 is 5.32 Å². The van der Waals surface area contributed by atoms with E-state index in [0.29, 0.717) is 11.4 Å². The normalized spacial score (nSPS) is 16.6. The number of halogens is 1. The summed E-state index contributed by atoms with van der Waals surface area (Å²) in [6.45, 7) is 2.08. The maximum Gasteiger partial charge on any atom is 0.225 e. The van der Waals surface area contributed by atoms with Gasteiger partial charge in [-0.2, -0.15) is 0 Å². The molecule has 1 N–H and O–H groups in total. The second-order valence-electron chi connectivity index (χ2n) is 6.11. The number of anilines is 1. The van der Waals surface area contributed by atoms with Gasteiger partial charge in [-0.1, -0.05) is 53.6 Å². The molecule has 3 aromatic rings. The van der Waals surface area contributed by atoms with E-state index < -0.39 is 0 Å². The molecular weight excluding hydrogens is 338 g/mol. The van der Waals surface area contributed by atoms with Crippen LogP contribution in [0.5, 0.6) is 0 Å². The van der Waals surface area contributed by atoms with Crippen LogP contribution in [0.3, 0.4) is 0 Å². The number of thiophene rings is 1. The van der Waals surface area contributed by atoms with E-state index in [1.54, 1.807) is 11.3 Å². The zero-order valence-electron chi connectivity index (χ0n) is 13.2. The Balaban J connectivity index is 1.81. The molecule has 0 unspecified atom stereocenters. The Morgan fingerprint density at radius 3 is 2.71 bits per heavy atom. The van der Waals surface area contributed by atoms with Crippen molar-refractivity contribution < 1.29 is 4.79 Å². The summed E-state index contributed by atoms with van der Waals surface area (Å²) in [4.78, 5) is 13.5. The first-order valence-corrected chi connectivity index (χ1v) is 9.11. The largest absolute Gasteiger partial charge is 0.325 e. The lowest BCUT2D eigenvalue weighted by Crippen LogP contribution is -2.22. The van der Waals surface area contributed by atoms with Crippen LogP contribution in [0.1, 0.15) is 28.3 Å². The summed E-state index contributed by atoms with van der Waals surface area (Å²) in [6.07, 6.45) is 0.497. The zero-order valence-corrected chi connectivity index (χ0v) is 14.7. The number of carbonyl (C=O) groups is 1. The number of hydrogen-bond donors (Lipinski definition) is 1. The average molecular weight is 354 g/mol. The number of rotatable bonds is 2. The van der Waals surface area contributed by atoms with Gasteiger partial charge in [0, 0.05) is 33.2 Å². The van der Waals surface area contributed by atoms with E-state index in [2.05, 4.69) is 41.9 Å². The molecule has 1 aliphatic heterocycles.